The van der Waals surface area contributed by atoms with E-state index in [4.69, 9.17) is 0 Å². The molecule has 0 atom stereocenters. The van der Waals surface area contributed by atoms with E-state index >= 15 is 0 Å². The molecule has 1 aromatic heterocycles. The second-order valence-electron chi connectivity index (χ2n) is 7.27. The Morgan fingerprint density at radius 1 is 1.09 bits per heavy atom. The molecule has 1 N–H and O–H groups in total. The molecule has 172 valence electrons. The van der Waals surface area contributed by atoms with Crippen LogP contribution in [0.4, 0.5) is 20.6 Å². The van der Waals surface area contributed by atoms with Gasteiger partial charge in [0.25, 0.3) is 16.8 Å². The largest absolute Gasteiger partial charge is 0.343 e. The number of rotatable bonds is 7. The molecule has 0 bridgehead atoms. The average Bonchev–Trinajstić information content (AvgIpc) is 3.34. The monoisotopic (exact) mass is 480 g/mol. The number of amides is 3. The van der Waals surface area contributed by atoms with Gasteiger partial charge in [0.05, 0.1) is 16.4 Å². The number of nitrogens with one attached hydrogen (secondary N) is 1. The lowest BCUT2D eigenvalue weighted by Crippen LogP contribution is -2.36. The van der Waals surface area contributed by atoms with E-state index in [1.807, 2.05) is 0 Å². The van der Waals surface area contributed by atoms with Gasteiger partial charge in [-0.25, -0.2) is 4.39 Å². The predicted octanol–water partition coefficient (Wildman–Crippen LogP) is 4.26. The zero-order chi connectivity index (χ0) is 24.2. The molecule has 1 aliphatic heterocycles. The molecule has 11 heteroatoms. The van der Waals surface area contributed by atoms with Gasteiger partial charge in [0.1, 0.15) is 12.4 Å². The molecule has 2 heterocycles. The summed E-state index contributed by atoms with van der Waals surface area (Å²) in [5.74, 6) is -1.68. The second-order valence-corrected chi connectivity index (χ2v) is 8.26. The summed E-state index contributed by atoms with van der Waals surface area (Å²) < 4.78 is 14.7. The standard InChI is InChI=1S/C23H17FN4O5S/c24-16-7-9-17(10-8-16)25-21(29)14-27-22(30)20(34-23(27)31)12-18-5-3-11-26(18)13-15-4-1-2-6-19(15)28(32)33/h1-12H,13-14H2,(H,25,29)/b20-12+. The summed E-state index contributed by atoms with van der Waals surface area (Å²) in [6.07, 6.45) is 3.22. The zero-order valence-electron chi connectivity index (χ0n) is 17.5. The van der Waals surface area contributed by atoms with E-state index < -0.39 is 34.3 Å². The van der Waals surface area contributed by atoms with E-state index in [1.54, 1.807) is 41.1 Å². The number of aromatic nitrogens is 1. The fourth-order valence-electron chi connectivity index (χ4n) is 3.36. The molecule has 1 aliphatic rings. The van der Waals surface area contributed by atoms with E-state index in [1.165, 1.54) is 36.4 Å². The van der Waals surface area contributed by atoms with E-state index in [0.29, 0.717) is 28.7 Å². The minimum absolute atomic E-state index is 0.0189. The fourth-order valence-corrected chi connectivity index (χ4v) is 4.18. The van der Waals surface area contributed by atoms with Crippen LogP contribution in [0.5, 0.6) is 0 Å². The van der Waals surface area contributed by atoms with Crippen LogP contribution >= 0.6 is 11.8 Å². The Bertz CT molecular complexity index is 1320. The Hall–Kier alpha value is -4.25. The van der Waals surface area contributed by atoms with Crippen LogP contribution in [0.25, 0.3) is 6.08 Å². The molecule has 34 heavy (non-hydrogen) atoms. The second kappa shape index (κ2) is 9.71. The Morgan fingerprint density at radius 3 is 2.56 bits per heavy atom. The van der Waals surface area contributed by atoms with Crippen molar-refractivity contribution in [2.45, 2.75) is 6.54 Å². The molecule has 9 nitrogen and oxygen atoms in total. The summed E-state index contributed by atoms with van der Waals surface area (Å²) >= 11 is 0.701. The maximum atomic E-state index is 13.0. The van der Waals surface area contributed by atoms with Crippen molar-refractivity contribution in [3.05, 3.63) is 99.0 Å². The van der Waals surface area contributed by atoms with Crippen LogP contribution in [0.1, 0.15) is 11.3 Å². The van der Waals surface area contributed by atoms with E-state index in [9.17, 15) is 28.9 Å². The topological polar surface area (TPSA) is 115 Å². The highest BCUT2D eigenvalue weighted by atomic mass is 32.2. The number of imide groups is 1. The maximum absolute atomic E-state index is 13.0. The minimum Gasteiger partial charge on any atom is -0.343 e. The molecule has 3 aromatic rings. The molecule has 0 spiro atoms. The van der Waals surface area contributed by atoms with Crippen molar-refractivity contribution in [2.75, 3.05) is 11.9 Å². The molecular weight excluding hydrogens is 463 g/mol. The van der Waals surface area contributed by atoms with Crippen molar-refractivity contribution >= 4 is 46.3 Å². The summed E-state index contributed by atoms with van der Waals surface area (Å²) in [5, 5.41) is 13.2. The van der Waals surface area contributed by atoms with Crippen molar-refractivity contribution in [3.8, 4) is 0 Å². The van der Waals surface area contributed by atoms with Gasteiger partial charge >= 0.3 is 0 Å². The molecule has 0 radical (unpaired) electrons. The first kappa shape index (κ1) is 22.9. The quantitative estimate of drug-likeness (QED) is 0.307. The Balaban J connectivity index is 1.48. The molecule has 1 fully saturated rings. The minimum atomic E-state index is -0.623. The fraction of sp³-hybridized carbons (Fsp3) is 0.0870. The third-order valence-electron chi connectivity index (χ3n) is 4.98. The molecule has 0 unspecified atom stereocenters. The van der Waals surface area contributed by atoms with E-state index in [2.05, 4.69) is 5.32 Å². The molecule has 0 aliphatic carbocycles. The van der Waals surface area contributed by atoms with Gasteiger partial charge in [-0.15, -0.1) is 0 Å². The number of carbonyl (C=O) groups is 3. The molecule has 0 saturated carbocycles. The summed E-state index contributed by atoms with van der Waals surface area (Å²) in [7, 11) is 0. The number of nitrogens with zero attached hydrogens (tertiary/aromatic N) is 3. The number of hydrogen-bond acceptors (Lipinski definition) is 6. The SMILES string of the molecule is O=C(CN1C(=O)S/C(=C/c2cccn2Cc2ccccc2[N+](=O)[O-])C1=O)Nc1ccc(F)cc1. The maximum Gasteiger partial charge on any atom is 0.294 e. The lowest BCUT2D eigenvalue weighted by molar-refractivity contribution is -0.385. The first-order valence-electron chi connectivity index (χ1n) is 10.00. The Kier molecular flexibility index (Phi) is 6.55. The molecule has 1 saturated heterocycles. The number of benzene rings is 2. The third kappa shape index (κ3) is 5.04. The summed E-state index contributed by atoms with van der Waals surface area (Å²) in [4.78, 5) is 49.2. The van der Waals surface area contributed by atoms with Gasteiger partial charge in [0, 0.05) is 29.2 Å². The normalized spacial score (nSPS) is 14.6. The number of thioether (sulfide) groups is 1. The van der Waals surface area contributed by atoms with Crippen LogP contribution in [0.15, 0.2) is 71.8 Å². The number of anilines is 1. The Morgan fingerprint density at radius 2 is 1.82 bits per heavy atom. The number of carbonyl (C=O) groups excluding carboxylic acids is 3. The highest BCUT2D eigenvalue weighted by Gasteiger charge is 2.36. The van der Waals surface area contributed by atoms with Gasteiger partial charge in [-0.1, -0.05) is 18.2 Å². The third-order valence-corrected chi connectivity index (χ3v) is 5.88. The molecule has 2 aromatic carbocycles. The highest BCUT2D eigenvalue weighted by molar-refractivity contribution is 8.18. The predicted molar refractivity (Wildman–Crippen MR) is 124 cm³/mol. The average molecular weight is 480 g/mol. The molecule has 3 amide bonds. The van der Waals surface area contributed by atoms with Gasteiger partial charge in [0.2, 0.25) is 5.91 Å². The number of nitro groups is 1. The highest BCUT2D eigenvalue weighted by Crippen LogP contribution is 2.32. The number of nitro benzene ring substituents is 1. The van der Waals surface area contributed by atoms with Crippen molar-refractivity contribution in [1.82, 2.24) is 9.47 Å². The summed E-state index contributed by atoms with van der Waals surface area (Å²) in [5.41, 5.74) is 1.37. The zero-order valence-corrected chi connectivity index (χ0v) is 18.3. The lowest BCUT2D eigenvalue weighted by atomic mass is 10.2. The van der Waals surface area contributed by atoms with Crippen LogP contribution in [0.2, 0.25) is 0 Å². The van der Waals surface area contributed by atoms with Crippen LogP contribution in [0, 0.1) is 15.9 Å². The van der Waals surface area contributed by atoms with Gasteiger partial charge in [-0.3, -0.25) is 29.4 Å². The first-order chi connectivity index (χ1) is 16.3. The molecular formula is C23H17FN4O5S. The van der Waals surface area contributed by atoms with Crippen LogP contribution in [-0.4, -0.2) is 38.0 Å². The number of hydrogen-bond donors (Lipinski definition) is 1. The smallest absolute Gasteiger partial charge is 0.294 e. The van der Waals surface area contributed by atoms with Crippen LogP contribution < -0.4 is 5.32 Å². The van der Waals surface area contributed by atoms with E-state index in [0.717, 1.165) is 4.90 Å². The van der Waals surface area contributed by atoms with Crippen LogP contribution in [0.3, 0.4) is 0 Å². The lowest BCUT2D eigenvalue weighted by Gasteiger charge is -2.12. The number of para-hydroxylation sites is 1. The van der Waals surface area contributed by atoms with Crippen molar-refractivity contribution < 1.29 is 23.7 Å². The van der Waals surface area contributed by atoms with Crippen molar-refractivity contribution in [1.29, 1.82) is 0 Å². The van der Waals surface area contributed by atoms with Gasteiger partial charge in [-0.05, 0) is 54.2 Å². The number of halogens is 1. The van der Waals surface area contributed by atoms with Gasteiger partial charge in [-0.2, -0.15) is 0 Å². The van der Waals surface area contributed by atoms with Crippen LogP contribution in [-0.2, 0) is 16.1 Å². The molecule has 4 rings (SSSR count). The summed E-state index contributed by atoms with van der Waals surface area (Å²) in [6.45, 7) is -0.295. The summed E-state index contributed by atoms with van der Waals surface area (Å²) in [6, 6.07) is 14.9. The van der Waals surface area contributed by atoms with Gasteiger partial charge < -0.3 is 9.88 Å². The van der Waals surface area contributed by atoms with Crippen molar-refractivity contribution in [3.63, 3.8) is 0 Å². The van der Waals surface area contributed by atoms with E-state index in [-0.39, 0.29) is 17.1 Å². The Labute approximate surface area is 197 Å². The van der Waals surface area contributed by atoms with Gasteiger partial charge in [0.15, 0.2) is 0 Å². The van der Waals surface area contributed by atoms with Crippen molar-refractivity contribution in [2.24, 2.45) is 0 Å². The first-order valence-corrected chi connectivity index (χ1v) is 10.8.